The summed E-state index contributed by atoms with van der Waals surface area (Å²) in [6.45, 7) is -0.108. The Hall–Kier alpha value is -1.76. The quantitative estimate of drug-likeness (QED) is 0.491. The SMILES string of the molecule is [N-]=[N+]=NCCC(O)C(O)c1ccccc1C(F)(F)F. The second kappa shape index (κ2) is 6.42. The minimum atomic E-state index is -4.61. The Bertz CT molecular complexity index is 472. The average molecular weight is 275 g/mol. The zero-order valence-corrected chi connectivity index (χ0v) is 9.75. The van der Waals surface area contributed by atoms with Gasteiger partial charge in [0.05, 0.1) is 11.7 Å². The summed E-state index contributed by atoms with van der Waals surface area (Å²) in [6.07, 6.45) is -7.86. The molecular formula is C11H12F3N3O2. The van der Waals surface area contributed by atoms with Crippen molar-refractivity contribution in [1.29, 1.82) is 0 Å². The molecule has 0 bridgehead atoms. The van der Waals surface area contributed by atoms with Gasteiger partial charge in [-0.15, -0.1) is 0 Å². The van der Waals surface area contributed by atoms with Gasteiger partial charge in [-0.2, -0.15) is 13.2 Å². The van der Waals surface area contributed by atoms with Crippen LogP contribution in [0.1, 0.15) is 23.7 Å². The van der Waals surface area contributed by atoms with Crippen LogP contribution >= 0.6 is 0 Å². The number of hydrogen-bond donors (Lipinski definition) is 2. The van der Waals surface area contributed by atoms with E-state index in [1.54, 1.807) is 0 Å². The van der Waals surface area contributed by atoms with Gasteiger partial charge in [0.1, 0.15) is 6.10 Å². The average Bonchev–Trinajstić information content (AvgIpc) is 2.37. The molecule has 19 heavy (non-hydrogen) atoms. The molecule has 2 N–H and O–H groups in total. The van der Waals surface area contributed by atoms with Crippen LogP contribution in [0, 0.1) is 0 Å². The highest BCUT2D eigenvalue weighted by molar-refractivity contribution is 5.32. The van der Waals surface area contributed by atoms with E-state index in [-0.39, 0.29) is 13.0 Å². The molecule has 0 aromatic heterocycles. The Kier molecular flexibility index (Phi) is 5.17. The molecule has 0 spiro atoms. The lowest BCUT2D eigenvalue weighted by Gasteiger charge is -2.21. The third kappa shape index (κ3) is 4.13. The van der Waals surface area contributed by atoms with E-state index in [9.17, 15) is 23.4 Å². The van der Waals surface area contributed by atoms with Crippen LogP contribution in [0.5, 0.6) is 0 Å². The van der Waals surface area contributed by atoms with Crippen molar-refractivity contribution in [3.05, 3.63) is 45.8 Å². The van der Waals surface area contributed by atoms with E-state index in [2.05, 4.69) is 10.0 Å². The summed E-state index contributed by atoms with van der Waals surface area (Å²) in [4.78, 5) is 2.45. The Morgan fingerprint density at radius 3 is 2.47 bits per heavy atom. The number of halogens is 3. The molecule has 0 radical (unpaired) electrons. The van der Waals surface area contributed by atoms with Gasteiger partial charge in [0.25, 0.3) is 0 Å². The van der Waals surface area contributed by atoms with Crippen molar-refractivity contribution in [3.63, 3.8) is 0 Å². The topological polar surface area (TPSA) is 89.2 Å². The maximum absolute atomic E-state index is 12.7. The minimum Gasteiger partial charge on any atom is -0.390 e. The monoisotopic (exact) mass is 275 g/mol. The molecule has 0 amide bonds. The summed E-state index contributed by atoms with van der Waals surface area (Å²) in [5, 5.41) is 22.5. The predicted octanol–water partition coefficient (Wildman–Crippen LogP) is 2.80. The van der Waals surface area contributed by atoms with Gasteiger partial charge < -0.3 is 10.2 Å². The molecule has 0 fully saturated rings. The molecule has 2 unspecified atom stereocenters. The molecule has 0 heterocycles. The van der Waals surface area contributed by atoms with Crippen molar-refractivity contribution in [2.45, 2.75) is 24.8 Å². The molecule has 0 aliphatic carbocycles. The Morgan fingerprint density at radius 1 is 1.26 bits per heavy atom. The first-order chi connectivity index (χ1) is 8.88. The van der Waals surface area contributed by atoms with Crippen molar-refractivity contribution >= 4 is 0 Å². The van der Waals surface area contributed by atoms with Gasteiger partial charge >= 0.3 is 6.18 Å². The fourth-order valence-corrected chi connectivity index (χ4v) is 1.61. The van der Waals surface area contributed by atoms with Crippen LogP contribution in [0.2, 0.25) is 0 Å². The summed E-state index contributed by atoms with van der Waals surface area (Å²) in [5.74, 6) is 0. The van der Waals surface area contributed by atoms with Crippen LogP contribution in [0.4, 0.5) is 13.2 Å². The zero-order valence-electron chi connectivity index (χ0n) is 9.75. The third-order valence-electron chi connectivity index (χ3n) is 2.54. The number of alkyl halides is 3. The van der Waals surface area contributed by atoms with E-state index in [1.165, 1.54) is 12.1 Å². The predicted molar refractivity (Wildman–Crippen MR) is 61.0 cm³/mol. The van der Waals surface area contributed by atoms with Gasteiger partial charge in [-0.3, -0.25) is 0 Å². The van der Waals surface area contributed by atoms with Crippen molar-refractivity contribution < 1.29 is 23.4 Å². The molecule has 0 saturated carbocycles. The molecule has 2 atom stereocenters. The first kappa shape index (κ1) is 15.3. The van der Waals surface area contributed by atoms with E-state index in [0.717, 1.165) is 12.1 Å². The molecule has 104 valence electrons. The fraction of sp³-hybridized carbons (Fsp3) is 0.455. The summed E-state index contributed by atoms with van der Waals surface area (Å²) in [5.41, 5.74) is 6.66. The highest BCUT2D eigenvalue weighted by Gasteiger charge is 2.35. The Labute approximate surface area is 106 Å². The van der Waals surface area contributed by atoms with Crippen LogP contribution in [-0.4, -0.2) is 22.9 Å². The lowest BCUT2D eigenvalue weighted by molar-refractivity contribution is -0.140. The zero-order chi connectivity index (χ0) is 14.5. The summed E-state index contributed by atoms with van der Waals surface area (Å²) >= 11 is 0. The molecule has 5 nitrogen and oxygen atoms in total. The first-order valence-electron chi connectivity index (χ1n) is 5.41. The number of aliphatic hydroxyl groups is 2. The van der Waals surface area contributed by atoms with Crippen molar-refractivity contribution in [1.82, 2.24) is 0 Å². The number of benzene rings is 1. The van der Waals surface area contributed by atoms with Crippen molar-refractivity contribution in [2.24, 2.45) is 5.11 Å². The van der Waals surface area contributed by atoms with Crippen LogP contribution in [0.25, 0.3) is 10.4 Å². The number of hydrogen-bond acceptors (Lipinski definition) is 3. The summed E-state index contributed by atoms with van der Waals surface area (Å²) in [7, 11) is 0. The maximum Gasteiger partial charge on any atom is 0.416 e. The van der Waals surface area contributed by atoms with Crippen LogP contribution in [0.3, 0.4) is 0 Å². The van der Waals surface area contributed by atoms with Gasteiger partial charge in [0, 0.05) is 11.5 Å². The number of nitrogens with zero attached hydrogens (tertiary/aromatic N) is 3. The molecule has 1 aromatic carbocycles. The number of aliphatic hydroxyl groups excluding tert-OH is 2. The van der Waals surface area contributed by atoms with Crippen LogP contribution in [-0.2, 0) is 6.18 Å². The normalized spacial score (nSPS) is 14.6. The standard InChI is InChI=1S/C11H12F3N3O2/c12-11(13,14)8-4-2-1-3-7(8)10(19)9(18)5-6-16-17-15/h1-4,9-10,18-19H,5-6H2. The van der Waals surface area contributed by atoms with E-state index in [4.69, 9.17) is 5.53 Å². The van der Waals surface area contributed by atoms with Crippen molar-refractivity contribution in [3.8, 4) is 0 Å². The molecule has 0 aliphatic heterocycles. The molecule has 0 aliphatic rings. The second-order valence-corrected chi connectivity index (χ2v) is 3.84. The van der Waals surface area contributed by atoms with Crippen molar-refractivity contribution in [2.75, 3.05) is 6.54 Å². The second-order valence-electron chi connectivity index (χ2n) is 3.84. The fourth-order valence-electron chi connectivity index (χ4n) is 1.61. The van der Waals surface area contributed by atoms with E-state index < -0.39 is 29.5 Å². The Balaban J connectivity index is 2.93. The summed E-state index contributed by atoms with van der Waals surface area (Å²) < 4.78 is 38.2. The summed E-state index contributed by atoms with van der Waals surface area (Å²) in [6, 6.07) is 4.47. The smallest absolute Gasteiger partial charge is 0.390 e. The lowest BCUT2D eigenvalue weighted by Crippen LogP contribution is -2.22. The van der Waals surface area contributed by atoms with Crippen LogP contribution in [0.15, 0.2) is 29.4 Å². The molecule has 0 saturated heterocycles. The van der Waals surface area contributed by atoms with E-state index in [0.29, 0.717) is 0 Å². The van der Waals surface area contributed by atoms with Gasteiger partial charge in [-0.1, -0.05) is 23.3 Å². The number of rotatable bonds is 5. The van der Waals surface area contributed by atoms with Gasteiger partial charge in [0.15, 0.2) is 0 Å². The van der Waals surface area contributed by atoms with Gasteiger partial charge in [0.2, 0.25) is 0 Å². The minimum absolute atomic E-state index is 0.108. The van der Waals surface area contributed by atoms with E-state index in [1.807, 2.05) is 0 Å². The number of azide groups is 1. The van der Waals surface area contributed by atoms with E-state index >= 15 is 0 Å². The highest BCUT2D eigenvalue weighted by atomic mass is 19.4. The van der Waals surface area contributed by atoms with Gasteiger partial charge in [-0.05, 0) is 23.6 Å². The largest absolute Gasteiger partial charge is 0.416 e. The third-order valence-corrected chi connectivity index (χ3v) is 2.54. The molecule has 8 heteroatoms. The first-order valence-corrected chi connectivity index (χ1v) is 5.41. The molecular weight excluding hydrogens is 263 g/mol. The maximum atomic E-state index is 12.7. The highest BCUT2D eigenvalue weighted by Crippen LogP contribution is 2.35. The van der Waals surface area contributed by atoms with Gasteiger partial charge in [-0.25, -0.2) is 0 Å². The lowest BCUT2D eigenvalue weighted by atomic mass is 9.97. The van der Waals surface area contributed by atoms with Crippen LogP contribution < -0.4 is 0 Å². The Morgan fingerprint density at radius 2 is 1.89 bits per heavy atom. The molecule has 1 rings (SSSR count). The molecule has 1 aromatic rings.